The summed E-state index contributed by atoms with van der Waals surface area (Å²) in [4.78, 5) is 0. The summed E-state index contributed by atoms with van der Waals surface area (Å²) in [5.41, 5.74) is 6.71. The maximum absolute atomic E-state index is 14.5. The van der Waals surface area contributed by atoms with Crippen LogP contribution in [0.5, 0.6) is 0 Å². The van der Waals surface area contributed by atoms with Crippen molar-refractivity contribution in [2.75, 3.05) is 0 Å². The Morgan fingerprint density at radius 3 is 1.25 bits per heavy atom. The van der Waals surface area contributed by atoms with Crippen molar-refractivity contribution in [3.63, 3.8) is 0 Å². The van der Waals surface area contributed by atoms with Crippen molar-refractivity contribution in [1.29, 1.82) is 0 Å². The predicted octanol–water partition coefficient (Wildman–Crippen LogP) is 9.01. The van der Waals surface area contributed by atoms with Gasteiger partial charge in [0.25, 0.3) is 0 Å². The molecule has 0 fully saturated rings. The van der Waals surface area contributed by atoms with Crippen molar-refractivity contribution < 1.29 is 24.4 Å². The zero-order valence-electron chi connectivity index (χ0n) is 25.5. The molecule has 0 radical (unpaired) electrons. The Hall–Kier alpha value is -2.29. The summed E-state index contributed by atoms with van der Waals surface area (Å²) in [6.07, 6.45) is 4.73. The Morgan fingerprint density at radius 1 is 0.545 bits per heavy atom. The molecule has 0 aliphatic heterocycles. The topological polar surface area (TPSA) is 0 Å². The van der Waals surface area contributed by atoms with Crippen molar-refractivity contribution in [2.24, 2.45) is 11.8 Å². The number of hydrogen-bond donors (Lipinski definition) is 0. The van der Waals surface area contributed by atoms with E-state index in [1.165, 1.54) is 29.8 Å². The Kier molecular flexibility index (Phi) is 10.4. The molecule has 0 heterocycles. The molecule has 6 heteroatoms. The first-order valence-electron chi connectivity index (χ1n) is 14.7. The minimum absolute atomic E-state index is 0. The van der Waals surface area contributed by atoms with E-state index in [0.29, 0.717) is 0 Å². The molecule has 0 aromatic heterocycles. The Bertz CT molecular complexity index is 1770. The van der Waals surface area contributed by atoms with Crippen LogP contribution in [0.2, 0.25) is 0 Å². The second kappa shape index (κ2) is 13.2. The van der Waals surface area contributed by atoms with Crippen LogP contribution in [0.3, 0.4) is 0 Å². The zero-order chi connectivity index (χ0) is 29.7. The Labute approximate surface area is 278 Å². The largest absolute Gasteiger partial charge is 0.147 e. The molecule has 2 aliphatic carbocycles. The molecule has 0 saturated carbocycles. The fourth-order valence-electron chi connectivity index (χ4n) is 8.21. The van der Waals surface area contributed by atoms with E-state index in [1.807, 2.05) is 24.3 Å². The average molecular weight is 767 g/mol. The smallest absolute Gasteiger partial charge is 0.147 e. The normalized spacial score (nSPS) is 18.4. The van der Waals surface area contributed by atoms with Crippen molar-refractivity contribution >= 4 is 54.6 Å². The van der Waals surface area contributed by atoms with E-state index in [1.54, 1.807) is 18.7 Å². The quantitative estimate of drug-likeness (QED) is 0.172. The fourth-order valence-corrected chi connectivity index (χ4v) is 47.9. The van der Waals surface area contributed by atoms with Crippen LogP contribution in [0.4, 0.5) is 8.78 Å². The Balaban J connectivity index is 0.00000221. The molecule has 2 unspecified atom stereocenters. The molecule has 0 amide bonds. The Morgan fingerprint density at radius 2 is 0.909 bits per heavy atom. The molecule has 44 heavy (non-hydrogen) atoms. The van der Waals surface area contributed by atoms with Gasteiger partial charge in [0.1, 0.15) is 0 Å². The minimum Gasteiger partial charge on any atom is -0.147 e. The summed E-state index contributed by atoms with van der Waals surface area (Å²) >= 11 is -3.51. The van der Waals surface area contributed by atoms with Gasteiger partial charge >= 0.3 is 256 Å². The van der Waals surface area contributed by atoms with Gasteiger partial charge in [-0.2, -0.15) is 0 Å². The summed E-state index contributed by atoms with van der Waals surface area (Å²) in [7, 11) is 0. The predicted molar refractivity (Wildman–Crippen MR) is 188 cm³/mol. The number of allylic oxidation sites excluding steroid dienone is 8. The van der Waals surface area contributed by atoms with Gasteiger partial charge in [-0.25, -0.2) is 0 Å². The van der Waals surface area contributed by atoms with Crippen LogP contribution >= 0.6 is 24.8 Å². The minimum atomic E-state index is -4.62. The molecule has 2 atom stereocenters. The second-order valence-corrected chi connectivity index (χ2v) is 42.2. The third-order valence-corrected chi connectivity index (χ3v) is 47.1. The van der Waals surface area contributed by atoms with E-state index in [9.17, 15) is 8.78 Å². The summed E-state index contributed by atoms with van der Waals surface area (Å²) in [6.45, 7) is 9.19. The van der Waals surface area contributed by atoms with Crippen LogP contribution < -0.4 is 6.54 Å². The van der Waals surface area contributed by atoms with Crippen LogP contribution in [0.25, 0.3) is 11.1 Å². The molecule has 4 aromatic carbocycles. The summed E-state index contributed by atoms with van der Waals surface area (Å²) in [5.74, 6) is -0.0491. The van der Waals surface area contributed by atoms with E-state index in [0.717, 1.165) is 34.4 Å². The summed E-state index contributed by atoms with van der Waals surface area (Å²) < 4.78 is 35.0. The molecular formula is C38H38Cl2F2GeZr. The molecule has 4 aromatic rings. The number of hydrogen-bond acceptors (Lipinski definition) is 0. The van der Waals surface area contributed by atoms with Gasteiger partial charge < -0.3 is 0 Å². The van der Waals surface area contributed by atoms with Gasteiger partial charge in [0, 0.05) is 0 Å². The number of halogens is 4. The summed E-state index contributed by atoms with van der Waals surface area (Å²) in [5, 5.41) is 0. The van der Waals surface area contributed by atoms with Crippen molar-refractivity contribution in [1.82, 2.24) is 0 Å². The molecule has 0 nitrogen and oxygen atoms in total. The molecule has 0 spiro atoms. The van der Waals surface area contributed by atoms with Crippen LogP contribution in [0, 0.1) is 23.5 Å². The molecule has 6 rings (SSSR count). The van der Waals surface area contributed by atoms with Gasteiger partial charge in [-0.15, -0.1) is 24.8 Å². The van der Waals surface area contributed by atoms with Crippen molar-refractivity contribution in [3.05, 3.63) is 162 Å². The average Bonchev–Trinajstić information content (AvgIpc) is 3.48. The van der Waals surface area contributed by atoms with E-state index in [2.05, 4.69) is 101 Å². The second-order valence-electron chi connectivity index (χ2n) is 12.0. The molecule has 2 aliphatic rings. The third-order valence-electron chi connectivity index (χ3n) is 9.64. The monoisotopic (exact) mass is 766 g/mol. The van der Waals surface area contributed by atoms with Crippen LogP contribution in [0.1, 0.15) is 38.8 Å². The van der Waals surface area contributed by atoms with Gasteiger partial charge in [-0.05, 0) is 0 Å². The van der Waals surface area contributed by atoms with Gasteiger partial charge in [-0.3, -0.25) is 0 Å². The molecule has 0 saturated heterocycles. The standard InChI is InChI=1S/2C13H12F.2C6H5.2ClH.GeH2.Zr/c2*1-9-6-10(2)13(7-9)11-4-3-5-12(14)8-11;2*1-2-4-6-5-3-1;;;;/h2*3-5,7-9H,1-2H3;2*1-5H;2*1H;1H2;. The first-order chi connectivity index (χ1) is 20.1. The molecule has 226 valence electrons. The van der Waals surface area contributed by atoms with Crippen LogP contribution in [-0.4, -0.2) is 12.1 Å². The van der Waals surface area contributed by atoms with E-state index in [-0.39, 0.29) is 48.3 Å². The first kappa shape index (κ1) is 34.6. The van der Waals surface area contributed by atoms with E-state index < -0.39 is 15.7 Å². The van der Waals surface area contributed by atoms with Gasteiger partial charge in [0.05, 0.1) is 0 Å². The maximum Gasteiger partial charge on any atom is -0.147 e. The van der Waals surface area contributed by atoms with Gasteiger partial charge in [0.2, 0.25) is 0 Å². The van der Waals surface area contributed by atoms with Crippen molar-refractivity contribution in [3.8, 4) is 0 Å². The maximum atomic E-state index is 14.5. The SMILES string of the molecule is CC1=[C]([Zr](=[GeH2])([C]2=C(C)C(c3cccc(F)c3)=CC2C)([c]2ccccc2)[c]2ccccc2)C(C)C=C1c1cccc(F)c1.Cl.Cl. The fraction of sp³-hybridized carbons (Fsp3) is 0.158. The number of benzene rings is 4. The number of rotatable bonds is 6. The third kappa shape index (κ3) is 5.32. The first-order valence-corrected chi connectivity index (χ1v) is 30.1. The zero-order valence-corrected chi connectivity index (χ0v) is 32.5. The van der Waals surface area contributed by atoms with E-state index >= 15 is 0 Å². The van der Waals surface area contributed by atoms with Crippen LogP contribution in [0.15, 0.2) is 139 Å². The van der Waals surface area contributed by atoms with E-state index in [4.69, 9.17) is 0 Å². The van der Waals surface area contributed by atoms with Gasteiger partial charge in [-0.1, -0.05) is 0 Å². The molecule has 0 N–H and O–H groups in total. The molecular weight excluding hydrogens is 729 g/mol. The van der Waals surface area contributed by atoms with Gasteiger partial charge in [0.15, 0.2) is 0 Å². The van der Waals surface area contributed by atoms with Crippen LogP contribution in [-0.2, 0) is 15.7 Å². The van der Waals surface area contributed by atoms with Crippen molar-refractivity contribution in [2.45, 2.75) is 27.7 Å². The summed E-state index contributed by atoms with van der Waals surface area (Å²) in [6, 6.07) is 36.5. The molecule has 0 bridgehead atoms.